The Bertz CT molecular complexity index is 356. The van der Waals surface area contributed by atoms with Gasteiger partial charge in [-0.2, -0.15) is 0 Å². The molecule has 0 saturated carbocycles. The van der Waals surface area contributed by atoms with Crippen molar-refractivity contribution < 1.29 is 14.6 Å². The molecular formula is C21H36O3. The molecule has 0 radical (unpaired) electrons. The lowest BCUT2D eigenvalue weighted by atomic mass is 10.1. The molecule has 0 heterocycles. The molecule has 0 saturated heterocycles. The van der Waals surface area contributed by atoms with Gasteiger partial charge in [0.1, 0.15) is 0 Å². The second kappa shape index (κ2) is 19.7. The van der Waals surface area contributed by atoms with Gasteiger partial charge in [-0.25, -0.2) is 0 Å². The van der Waals surface area contributed by atoms with Crippen molar-refractivity contribution in [2.75, 3.05) is 13.2 Å². The molecule has 3 nitrogen and oxygen atoms in total. The minimum Gasteiger partial charge on any atom is -0.466 e. The van der Waals surface area contributed by atoms with Crippen LogP contribution in [0.15, 0.2) is 36.5 Å². The first-order chi connectivity index (χ1) is 11.8. The van der Waals surface area contributed by atoms with Crippen LogP contribution in [-0.4, -0.2) is 24.3 Å². The summed E-state index contributed by atoms with van der Waals surface area (Å²) in [4.78, 5) is 11.3. The highest BCUT2D eigenvalue weighted by Crippen LogP contribution is 2.08. The first-order valence-electron chi connectivity index (χ1n) is 9.52. The summed E-state index contributed by atoms with van der Waals surface area (Å²) in [6, 6.07) is 0. The Morgan fingerprint density at radius 2 is 1.46 bits per heavy atom. The minimum absolute atomic E-state index is 0.0777. The summed E-state index contributed by atoms with van der Waals surface area (Å²) in [5.74, 6) is -0.135. The average molecular weight is 337 g/mol. The molecule has 138 valence electrons. The van der Waals surface area contributed by atoms with E-state index < -0.39 is 0 Å². The van der Waals surface area contributed by atoms with Gasteiger partial charge in [0.25, 0.3) is 0 Å². The van der Waals surface area contributed by atoms with Crippen LogP contribution in [0, 0.1) is 0 Å². The highest BCUT2D eigenvalue weighted by molar-refractivity contribution is 5.69. The monoisotopic (exact) mass is 336 g/mol. The molecule has 0 aliphatic carbocycles. The van der Waals surface area contributed by atoms with Crippen LogP contribution in [0.4, 0.5) is 0 Å². The van der Waals surface area contributed by atoms with Crippen molar-refractivity contribution in [1.82, 2.24) is 0 Å². The maximum atomic E-state index is 11.3. The van der Waals surface area contributed by atoms with Crippen LogP contribution in [0.5, 0.6) is 0 Å². The zero-order chi connectivity index (χ0) is 17.7. The molecule has 0 aromatic rings. The summed E-state index contributed by atoms with van der Waals surface area (Å²) >= 11 is 0. The molecule has 0 aliphatic heterocycles. The second-order valence-corrected chi connectivity index (χ2v) is 5.90. The van der Waals surface area contributed by atoms with E-state index in [1.807, 2.05) is 0 Å². The summed E-state index contributed by atoms with van der Waals surface area (Å²) in [6.45, 7) is 2.57. The number of hydrogen-bond acceptors (Lipinski definition) is 3. The first kappa shape index (κ1) is 22.6. The summed E-state index contributed by atoms with van der Waals surface area (Å²) in [7, 11) is 0. The Morgan fingerprint density at radius 3 is 2.17 bits per heavy atom. The van der Waals surface area contributed by atoms with Crippen molar-refractivity contribution in [3.8, 4) is 0 Å². The van der Waals surface area contributed by atoms with Crippen LogP contribution in [0.25, 0.3) is 0 Å². The molecule has 24 heavy (non-hydrogen) atoms. The smallest absolute Gasteiger partial charge is 0.305 e. The molecule has 0 aromatic carbocycles. The molecule has 0 aliphatic rings. The van der Waals surface area contributed by atoms with E-state index in [9.17, 15) is 4.79 Å². The number of hydrogen-bond donors (Lipinski definition) is 1. The van der Waals surface area contributed by atoms with Gasteiger partial charge in [0, 0.05) is 19.4 Å². The predicted octanol–water partition coefficient (Wildman–Crippen LogP) is 5.50. The van der Waals surface area contributed by atoms with Gasteiger partial charge < -0.3 is 9.84 Å². The number of aliphatic hydroxyl groups is 1. The lowest BCUT2D eigenvalue weighted by Gasteiger charge is -2.03. The lowest BCUT2D eigenvalue weighted by Crippen LogP contribution is -2.06. The van der Waals surface area contributed by atoms with Crippen LogP contribution < -0.4 is 0 Å². The SMILES string of the molecule is CC/C=C/C/C=C/C/C=C/CCCCCCCC(=O)OCCCO. The van der Waals surface area contributed by atoms with Crippen molar-refractivity contribution in [1.29, 1.82) is 0 Å². The van der Waals surface area contributed by atoms with E-state index in [0.29, 0.717) is 19.4 Å². The molecular weight excluding hydrogens is 300 g/mol. The van der Waals surface area contributed by atoms with Crippen LogP contribution in [0.1, 0.15) is 77.6 Å². The van der Waals surface area contributed by atoms with Gasteiger partial charge in [0.15, 0.2) is 0 Å². The number of allylic oxidation sites excluding steroid dienone is 6. The van der Waals surface area contributed by atoms with E-state index in [4.69, 9.17) is 9.84 Å². The standard InChI is InChI=1S/C21H36O3/c1-2-3-4-5-6-7-8-9-10-11-12-13-14-15-16-18-21(23)24-20-17-19-22/h3-4,6-7,9-10,22H,2,5,8,11-20H2,1H3/b4-3+,7-6+,10-9+. The Labute approximate surface area is 148 Å². The van der Waals surface area contributed by atoms with Gasteiger partial charge in [-0.05, 0) is 38.5 Å². The maximum Gasteiger partial charge on any atom is 0.305 e. The molecule has 3 heteroatoms. The normalized spacial score (nSPS) is 11.9. The average Bonchev–Trinajstić information content (AvgIpc) is 2.58. The Hall–Kier alpha value is -1.35. The number of esters is 1. The Balaban J connectivity index is 3.28. The minimum atomic E-state index is -0.135. The second-order valence-electron chi connectivity index (χ2n) is 5.90. The number of carbonyl (C=O) groups is 1. The van der Waals surface area contributed by atoms with E-state index in [1.54, 1.807) is 0 Å². The van der Waals surface area contributed by atoms with E-state index >= 15 is 0 Å². The molecule has 0 fully saturated rings. The molecule has 0 atom stereocenters. The number of unbranched alkanes of at least 4 members (excludes halogenated alkanes) is 5. The molecule has 1 N–H and O–H groups in total. The van der Waals surface area contributed by atoms with Crippen LogP contribution >= 0.6 is 0 Å². The van der Waals surface area contributed by atoms with Crippen LogP contribution in [0.2, 0.25) is 0 Å². The Morgan fingerprint density at radius 1 is 0.833 bits per heavy atom. The first-order valence-corrected chi connectivity index (χ1v) is 9.52. The van der Waals surface area contributed by atoms with E-state index in [2.05, 4.69) is 43.4 Å². The van der Waals surface area contributed by atoms with Gasteiger partial charge in [-0.1, -0.05) is 62.6 Å². The largest absolute Gasteiger partial charge is 0.466 e. The van der Waals surface area contributed by atoms with Gasteiger partial charge in [0.05, 0.1) is 6.61 Å². The number of rotatable bonds is 16. The van der Waals surface area contributed by atoms with Crippen molar-refractivity contribution in [2.45, 2.75) is 77.6 Å². The number of carbonyl (C=O) groups excluding carboxylic acids is 1. The van der Waals surface area contributed by atoms with E-state index in [0.717, 1.165) is 38.5 Å². The summed E-state index contributed by atoms with van der Waals surface area (Å²) in [5.41, 5.74) is 0. The zero-order valence-electron chi connectivity index (χ0n) is 15.4. The summed E-state index contributed by atoms with van der Waals surface area (Å²) in [6.07, 6.45) is 24.3. The molecule has 0 bridgehead atoms. The maximum absolute atomic E-state index is 11.3. The Kier molecular flexibility index (Phi) is 18.6. The summed E-state index contributed by atoms with van der Waals surface area (Å²) < 4.78 is 4.98. The van der Waals surface area contributed by atoms with Crippen LogP contribution in [-0.2, 0) is 9.53 Å². The lowest BCUT2D eigenvalue weighted by molar-refractivity contribution is -0.144. The summed E-state index contributed by atoms with van der Waals surface area (Å²) in [5, 5.41) is 8.59. The van der Waals surface area contributed by atoms with E-state index in [-0.39, 0.29) is 12.6 Å². The van der Waals surface area contributed by atoms with Crippen molar-refractivity contribution in [3.05, 3.63) is 36.5 Å². The van der Waals surface area contributed by atoms with Gasteiger partial charge >= 0.3 is 5.97 Å². The van der Waals surface area contributed by atoms with Gasteiger partial charge in [-0.15, -0.1) is 0 Å². The highest BCUT2D eigenvalue weighted by Gasteiger charge is 2.01. The fourth-order valence-electron chi connectivity index (χ4n) is 2.21. The van der Waals surface area contributed by atoms with Crippen LogP contribution in [0.3, 0.4) is 0 Å². The topological polar surface area (TPSA) is 46.5 Å². The van der Waals surface area contributed by atoms with Crippen molar-refractivity contribution in [3.63, 3.8) is 0 Å². The molecule has 0 spiro atoms. The number of aliphatic hydroxyl groups excluding tert-OH is 1. The third kappa shape index (κ3) is 18.7. The van der Waals surface area contributed by atoms with Crippen molar-refractivity contribution >= 4 is 5.97 Å². The number of ether oxygens (including phenoxy) is 1. The fraction of sp³-hybridized carbons (Fsp3) is 0.667. The molecule has 0 rings (SSSR count). The predicted molar refractivity (Wildman–Crippen MR) is 102 cm³/mol. The molecule has 0 unspecified atom stereocenters. The van der Waals surface area contributed by atoms with E-state index in [1.165, 1.54) is 19.3 Å². The quantitative estimate of drug-likeness (QED) is 0.230. The molecule has 0 aromatic heterocycles. The van der Waals surface area contributed by atoms with Gasteiger partial charge in [0.2, 0.25) is 0 Å². The highest BCUT2D eigenvalue weighted by atomic mass is 16.5. The van der Waals surface area contributed by atoms with Gasteiger partial charge in [-0.3, -0.25) is 4.79 Å². The zero-order valence-corrected chi connectivity index (χ0v) is 15.4. The third-order valence-electron chi connectivity index (χ3n) is 3.60. The van der Waals surface area contributed by atoms with Crippen molar-refractivity contribution in [2.24, 2.45) is 0 Å². The third-order valence-corrected chi connectivity index (χ3v) is 3.60. The molecule has 0 amide bonds. The fourth-order valence-corrected chi connectivity index (χ4v) is 2.21.